The third-order valence-corrected chi connectivity index (χ3v) is 2.29. The minimum absolute atomic E-state index is 0.159. The van der Waals surface area contributed by atoms with E-state index in [1.165, 1.54) is 11.1 Å². The van der Waals surface area contributed by atoms with Crippen molar-refractivity contribution < 1.29 is 5.21 Å². The molecular formula is C9H11NO. The summed E-state index contributed by atoms with van der Waals surface area (Å²) in [5.74, 6) is 0. The third-order valence-electron chi connectivity index (χ3n) is 2.29. The fourth-order valence-electron chi connectivity index (χ4n) is 1.69. The van der Waals surface area contributed by atoms with Crippen molar-refractivity contribution in [2.75, 3.05) is 0 Å². The Hall–Kier alpha value is -0.860. The fraction of sp³-hybridized carbons (Fsp3) is 0.333. The summed E-state index contributed by atoms with van der Waals surface area (Å²) in [5.41, 5.74) is 4.93. The molecule has 11 heavy (non-hydrogen) atoms. The summed E-state index contributed by atoms with van der Waals surface area (Å²) in [6.45, 7) is 0. The molecule has 1 aromatic carbocycles. The molecule has 1 atom stereocenters. The van der Waals surface area contributed by atoms with Crippen molar-refractivity contribution in [1.82, 2.24) is 5.48 Å². The van der Waals surface area contributed by atoms with Crippen LogP contribution in [0.4, 0.5) is 0 Å². The predicted octanol–water partition coefficient (Wildman–Crippen LogP) is 1.65. The highest BCUT2D eigenvalue weighted by Gasteiger charge is 2.20. The maximum atomic E-state index is 8.76. The zero-order valence-corrected chi connectivity index (χ0v) is 6.25. The Kier molecular flexibility index (Phi) is 1.64. The first-order chi connectivity index (χ1) is 5.42. The Balaban J connectivity index is 2.39. The molecule has 0 bridgehead atoms. The molecule has 0 aliphatic heterocycles. The SMILES string of the molecule is ON[C@H]1CCc2ccccc21. The summed E-state index contributed by atoms with van der Waals surface area (Å²) in [6, 6.07) is 8.39. The second-order valence-electron chi connectivity index (χ2n) is 2.92. The van der Waals surface area contributed by atoms with E-state index in [-0.39, 0.29) is 6.04 Å². The second kappa shape index (κ2) is 2.64. The van der Waals surface area contributed by atoms with Crippen LogP contribution in [0.1, 0.15) is 23.6 Å². The van der Waals surface area contributed by atoms with Crippen LogP contribution in [0.3, 0.4) is 0 Å². The molecule has 0 heterocycles. The lowest BCUT2D eigenvalue weighted by molar-refractivity contribution is 0.126. The van der Waals surface area contributed by atoms with Crippen LogP contribution < -0.4 is 5.48 Å². The Morgan fingerprint density at radius 2 is 2.18 bits per heavy atom. The van der Waals surface area contributed by atoms with Gasteiger partial charge in [-0.2, -0.15) is 5.48 Å². The highest BCUT2D eigenvalue weighted by atomic mass is 16.5. The second-order valence-corrected chi connectivity index (χ2v) is 2.92. The predicted molar refractivity (Wildman–Crippen MR) is 42.4 cm³/mol. The van der Waals surface area contributed by atoms with Crippen LogP contribution in [-0.4, -0.2) is 5.21 Å². The number of fused-ring (bicyclic) bond motifs is 1. The quantitative estimate of drug-likeness (QED) is 0.595. The average molecular weight is 149 g/mol. The van der Waals surface area contributed by atoms with Crippen LogP contribution in [0.5, 0.6) is 0 Å². The minimum Gasteiger partial charge on any atom is -0.316 e. The van der Waals surface area contributed by atoms with Crippen LogP contribution in [0.15, 0.2) is 24.3 Å². The number of aryl methyl sites for hydroxylation is 1. The lowest BCUT2D eigenvalue weighted by Gasteiger charge is -2.06. The molecule has 0 aromatic heterocycles. The molecule has 0 saturated carbocycles. The summed E-state index contributed by atoms with van der Waals surface area (Å²) < 4.78 is 0. The zero-order valence-electron chi connectivity index (χ0n) is 6.25. The van der Waals surface area contributed by atoms with E-state index in [1.807, 2.05) is 12.1 Å². The molecule has 0 fully saturated rings. The number of hydrogen-bond acceptors (Lipinski definition) is 2. The third kappa shape index (κ3) is 1.04. The first-order valence-corrected chi connectivity index (χ1v) is 3.89. The standard InChI is InChI=1S/C9H11NO/c11-10-9-6-5-7-3-1-2-4-8(7)9/h1-4,9-11H,5-6H2/t9-/m0/s1. The van der Waals surface area contributed by atoms with E-state index >= 15 is 0 Å². The normalized spacial score (nSPS) is 21.7. The summed E-state index contributed by atoms with van der Waals surface area (Å²) in [4.78, 5) is 0. The molecule has 58 valence electrons. The van der Waals surface area contributed by atoms with Crippen molar-refractivity contribution in [3.63, 3.8) is 0 Å². The molecule has 0 unspecified atom stereocenters. The van der Waals surface area contributed by atoms with Gasteiger partial charge in [-0.05, 0) is 24.0 Å². The number of rotatable bonds is 1. The molecule has 2 nitrogen and oxygen atoms in total. The lowest BCUT2D eigenvalue weighted by atomic mass is 10.1. The van der Waals surface area contributed by atoms with Crippen LogP contribution in [-0.2, 0) is 6.42 Å². The van der Waals surface area contributed by atoms with Gasteiger partial charge in [-0.25, -0.2) is 0 Å². The van der Waals surface area contributed by atoms with Gasteiger partial charge in [0.1, 0.15) is 0 Å². The highest BCUT2D eigenvalue weighted by Crippen LogP contribution is 2.29. The van der Waals surface area contributed by atoms with E-state index in [2.05, 4.69) is 17.6 Å². The molecule has 2 N–H and O–H groups in total. The van der Waals surface area contributed by atoms with E-state index in [1.54, 1.807) is 0 Å². The van der Waals surface area contributed by atoms with Gasteiger partial charge < -0.3 is 5.21 Å². The molecule has 1 aliphatic carbocycles. The summed E-state index contributed by atoms with van der Waals surface area (Å²) in [6.07, 6.45) is 2.09. The highest BCUT2D eigenvalue weighted by molar-refractivity contribution is 5.33. The number of nitrogens with one attached hydrogen (secondary N) is 1. The van der Waals surface area contributed by atoms with E-state index < -0.39 is 0 Å². The molecule has 1 aromatic rings. The van der Waals surface area contributed by atoms with Gasteiger partial charge in [0.2, 0.25) is 0 Å². The Bertz CT molecular complexity index is 259. The topological polar surface area (TPSA) is 32.3 Å². The fourth-order valence-corrected chi connectivity index (χ4v) is 1.69. The van der Waals surface area contributed by atoms with Gasteiger partial charge in [-0.15, -0.1) is 0 Å². The summed E-state index contributed by atoms with van der Waals surface area (Å²) in [5, 5.41) is 8.76. The molecule has 2 heteroatoms. The van der Waals surface area contributed by atoms with Crippen molar-refractivity contribution in [3.8, 4) is 0 Å². The number of hydroxylamine groups is 1. The van der Waals surface area contributed by atoms with Gasteiger partial charge in [0.05, 0.1) is 6.04 Å². The van der Waals surface area contributed by atoms with Crippen molar-refractivity contribution in [1.29, 1.82) is 0 Å². The van der Waals surface area contributed by atoms with Crippen LogP contribution >= 0.6 is 0 Å². The molecular weight excluding hydrogens is 138 g/mol. The molecule has 2 rings (SSSR count). The monoisotopic (exact) mass is 149 g/mol. The number of benzene rings is 1. The maximum absolute atomic E-state index is 8.76. The van der Waals surface area contributed by atoms with Gasteiger partial charge in [-0.1, -0.05) is 24.3 Å². The minimum atomic E-state index is 0.159. The van der Waals surface area contributed by atoms with Gasteiger partial charge >= 0.3 is 0 Å². The molecule has 1 aliphatic rings. The van der Waals surface area contributed by atoms with E-state index in [0.29, 0.717) is 0 Å². The van der Waals surface area contributed by atoms with E-state index in [0.717, 1.165) is 12.8 Å². The average Bonchev–Trinajstić information content (AvgIpc) is 2.47. The molecule has 0 saturated heterocycles. The largest absolute Gasteiger partial charge is 0.316 e. The molecule has 0 radical (unpaired) electrons. The van der Waals surface area contributed by atoms with Crippen LogP contribution in [0.25, 0.3) is 0 Å². The van der Waals surface area contributed by atoms with Crippen LogP contribution in [0, 0.1) is 0 Å². The van der Waals surface area contributed by atoms with Crippen LogP contribution in [0.2, 0.25) is 0 Å². The lowest BCUT2D eigenvalue weighted by Crippen LogP contribution is -2.13. The van der Waals surface area contributed by atoms with Crippen molar-refractivity contribution in [2.45, 2.75) is 18.9 Å². The van der Waals surface area contributed by atoms with Gasteiger partial charge in [0.15, 0.2) is 0 Å². The van der Waals surface area contributed by atoms with Crippen molar-refractivity contribution in [3.05, 3.63) is 35.4 Å². The zero-order chi connectivity index (χ0) is 7.68. The first kappa shape index (κ1) is 6.83. The summed E-state index contributed by atoms with van der Waals surface area (Å²) in [7, 11) is 0. The maximum Gasteiger partial charge on any atom is 0.0574 e. The molecule has 0 spiro atoms. The molecule has 0 amide bonds. The van der Waals surface area contributed by atoms with Crippen molar-refractivity contribution >= 4 is 0 Å². The van der Waals surface area contributed by atoms with Gasteiger partial charge in [0, 0.05) is 0 Å². The Morgan fingerprint density at radius 1 is 1.36 bits per heavy atom. The smallest absolute Gasteiger partial charge is 0.0574 e. The number of hydrogen-bond donors (Lipinski definition) is 2. The first-order valence-electron chi connectivity index (χ1n) is 3.89. The van der Waals surface area contributed by atoms with E-state index in [4.69, 9.17) is 5.21 Å². The Labute approximate surface area is 65.8 Å². The van der Waals surface area contributed by atoms with Gasteiger partial charge in [-0.3, -0.25) is 0 Å². The van der Waals surface area contributed by atoms with E-state index in [9.17, 15) is 0 Å². The van der Waals surface area contributed by atoms with Crippen molar-refractivity contribution in [2.24, 2.45) is 0 Å². The Morgan fingerprint density at radius 3 is 3.00 bits per heavy atom. The van der Waals surface area contributed by atoms with Gasteiger partial charge in [0.25, 0.3) is 0 Å². The summed E-state index contributed by atoms with van der Waals surface area (Å²) >= 11 is 0.